The molecule has 6 nitrogen and oxygen atoms in total. The molecule has 0 saturated carbocycles. The fraction of sp³-hybridized carbons (Fsp3) is 0.118. The Kier molecular flexibility index (Phi) is 4.95. The molecule has 0 unspecified atom stereocenters. The van der Waals surface area contributed by atoms with Crippen LogP contribution in [0.25, 0.3) is 11.4 Å². The van der Waals surface area contributed by atoms with E-state index in [1.807, 2.05) is 6.92 Å². The second-order valence-corrected chi connectivity index (χ2v) is 5.30. The van der Waals surface area contributed by atoms with Gasteiger partial charge >= 0.3 is 0 Å². The molecule has 8 heteroatoms. The summed E-state index contributed by atoms with van der Waals surface area (Å²) in [6, 6.07) is 6.98. The Morgan fingerprint density at radius 2 is 2.08 bits per heavy atom. The minimum absolute atomic E-state index is 0.105. The Bertz CT molecular complexity index is 936. The first-order valence-corrected chi connectivity index (χ1v) is 7.76. The quantitative estimate of drug-likeness (QED) is 0.645. The Morgan fingerprint density at radius 1 is 1.24 bits per heavy atom. The summed E-state index contributed by atoms with van der Waals surface area (Å²) in [5.41, 5.74) is 0.589. The molecule has 3 aromatic rings. The van der Waals surface area contributed by atoms with Gasteiger partial charge in [-0.1, -0.05) is 6.92 Å². The SMILES string of the molecule is CCc1ncnc(-c2cccnc2Oc2cc(C(=O)Cl)ccc2F)n1. The average Bonchev–Trinajstić information content (AvgIpc) is 2.64. The van der Waals surface area contributed by atoms with Gasteiger partial charge in [0.15, 0.2) is 17.4 Å². The summed E-state index contributed by atoms with van der Waals surface area (Å²) in [5.74, 6) is 0.258. The van der Waals surface area contributed by atoms with E-state index in [1.165, 1.54) is 24.7 Å². The number of aromatic nitrogens is 4. The van der Waals surface area contributed by atoms with Gasteiger partial charge in [0.1, 0.15) is 12.2 Å². The van der Waals surface area contributed by atoms with E-state index in [0.29, 0.717) is 23.6 Å². The van der Waals surface area contributed by atoms with Crippen molar-refractivity contribution in [3.63, 3.8) is 0 Å². The van der Waals surface area contributed by atoms with Crippen molar-refractivity contribution in [1.82, 2.24) is 19.9 Å². The van der Waals surface area contributed by atoms with Crippen molar-refractivity contribution in [2.75, 3.05) is 0 Å². The molecule has 0 fully saturated rings. The predicted molar refractivity (Wildman–Crippen MR) is 89.1 cm³/mol. The van der Waals surface area contributed by atoms with Crippen LogP contribution in [0.5, 0.6) is 11.6 Å². The monoisotopic (exact) mass is 358 g/mol. The third kappa shape index (κ3) is 3.77. The summed E-state index contributed by atoms with van der Waals surface area (Å²) in [6.45, 7) is 1.92. The molecule has 0 aliphatic rings. The zero-order valence-corrected chi connectivity index (χ0v) is 13.9. The van der Waals surface area contributed by atoms with Gasteiger partial charge in [-0.25, -0.2) is 24.3 Å². The Hall–Kier alpha value is -2.93. The molecule has 0 spiro atoms. The molecule has 1 aromatic carbocycles. The molecule has 2 heterocycles. The van der Waals surface area contributed by atoms with E-state index in [0.717, 1.165) is 6.07 Å². The Balaban J connectivity index is 2.02. The van der Waals surface area contributed by atoms with Crippen LogP contribution in [-0.4, -0.2) is 25.2 Å². The maximum atomic E-state index is 14.0. The molecule has 0 bridgehead atoms. The van der Waals surface area contributed by atoms with E-state index in [1.54, 1.807) is 12.1 Å². The molecule has 25 heavy (non-hydrogen) atoms. The molecule has 0 aliphatic heterocycles. The number of hydrogen-bond acceptors (Lipinski definition) is 6. The van der Waals surface area contributed by atoms with Crippen LogP contribution < -0.4 is 4.74 Å². The first kappa shape index (κ1) is 16.9. The standard InChI is InChI=1S/C17H12ClFN4O2/c1-2-14-21-9-22-16(23-14)11-4-3-7-20-17(11)25-13-8-10(15(18)24)5-6-12(13)19/h3-9H,2H2,1H3. The number of carbonyl (C=O) groups is 1. The normalized spacial score (nSPS) is 10.5. The number of pyridine rings is 1. The molecule has 126 valence electrons. The van der Waals surface area contributed by atoms with Crippen LogP contribution >= 0.6 is 11.6 Å². The number of benzene rings is 1. The number of nitrogens with zero attached hydrogens (tertiary/aromatic N) is 4. The van der Waals surface area contributed by atoms with Gasteiger partial charge in [-0.3, -0.25) is 4.79 Å². The zero-order valence-electron chi connectivity index (χ0n) is 13.1. The molecule has 0 atom stereocenters. The van der Waals surface area contributed by atoms with Crippen molar-refractivity contribution < 1.29 is 13.9 Å². The predicted octanol–water partition coefficient (Wildman–Crippen LogP) is 3.81. The number of aryl methyl sites for hydroxylation is 1. The summed E-state index contributed by atoms with van der Waals surface area (Å²) < 4.78 is 19.6. The van der Waals surface area contributed by atoms with Crippen molar-refractivity contribution in [1.29, 1.82) is 0 Å². The second kappa shape index (κ2) is 7.31. The van der Waals surface area contributed by atoms with Gasteiger partial charge in [0.25, 0.3) is 5.24 Å². The highest BCUT2D eigenvalue weighted by molar-refractivity contribution is 6.67. The molecule has 2 aromatic heterocycles. The van der Waals surface area contributed by atoms with E-state index in [2.05, 4.69) is 19.9 Å². The largest absolute Gasteiger partial charge is 0.435 e. The topological polar surface area (TPSA) is 77.9 Å². The molecule has 0 radical (unpaired) electrons. The molecular weight excluding hydrogens is 347 g/mol. The molecule has 3 rings (SSSR count). The van der Waals surface area contributed by atoms with Crippen LogP contribution in [0.3, 0.4) is 0 Å². The molecule has 0 aliphatic carbocycles. The van der Waals surface area contributed by atoms with Gasteiger partial charge in [0.2, 0.25) is 5.88 Å². The molecule has 0 amide bonds. The summed E-state index contributed by atoms with van der Waals surface area (Å²) >= 11 is 5.43. The fourth-order valence-electron chi connectivity index (χ4n) is 2.08. The van der Waals surface area contributed by atoms with Crippen molar-refractivity contribution >= 4 is 16.8 Å². The van der Waals surface area contributed by atoms with E-state index in [9.17, 15) is 9.18 Å². The summed E-state index contributed by atoms with van der Waals surface area (Å²) in [5, 5.41) is -0.712. The van der Waals surface area contributed by atoms with Crippen LogP contribution in [0.4, 0.5) is 4.39 Å². The van der Waals surface area contributed by atoms with Gasteiger partial charge in [-0.2, -0.15) is 0 Å². The summed E-state index contributed by atoms with van der Waals surface area (Å²) in [7, 11) is 0. The van der Waals surface area contributed by atoms with Crippen LogP contribution in [0.2, 0.25) is 0 Å². The van der Waals surface area contributed by atoms with E-state index >= 15 is 0 Å². The van der Waals surface area contributed by atoms with Gasteiger partial charge in [0.05, 0.1) is 5.56 Å². The number of carbonyl (C=O) groups excluding carboxylic acids is 1. The lowest BCUT2D eigenvalue weighted by molar-refractivity contribution is 0.108. The van der Waals surface area contributed by atoms with Crippen molar-refractivity contribution in [2.24, 2.45) is 0 Å². The summed E-state index contributed by atoms with van der Waals surface area (Å²) in [6.07, 6.45) is 3.53. The Labute approximate surface area is 147 Å². The fourth-order valence-corrected chi connectivity index (χ4v) is 2.20. The lowest BCUT2D eigenvalue weighted by Crippen LogP contribution is -2.00. The van der Waals surface area contributed by atoms with E-state index in [4.69, 9.17) is 16.3 Å². The van der Waals surface area contributed by atoms with Gasteiger partial charge in [-0.05, 0) is 41.9 Å². The van der Waals surface area contributed by atoms with Gasteiger partial charge in [-0.15, -0.1) is 0 Å². The van der Waals surface area contributed by atoms with Crippen LogP contribution in [0.1, 0.15) is 23.1 Å². The van der Waals surface area contributed by atoms with Crippen LogP contribution in [0.15, 0.2) is 42.9 Å². The van der Waals surface area contributed by atoms with Crippen molar-refractivity contribution in [2.45, 2.75) is 13.3 Å². The van der Waals surface area contributed by atoms with Crippen molar-refractivity contribution in [3.05, 3.63) is 60.1 Å². The average molecular weight is 359 g/mol. The van der Waals surface area contributed by atoms with Crippen molar-refractivity contribution in [3.8, 4) is 23.0 Å². The minimum atomic E-state index is -0.712. The van der Waals surface area contributed by atoms with E-state index in [-0.39, 0.29) is 17.2 Å². The number of halogens is 2. The van der Waals surface area contributed by atoms with Crippen LogP contribution in [0, 0.1) is 5.82 Å². The van der Waals surface area contributed by atoms with Gasteiger partial charge in [0, 0.05) is 18.2 Å². The summed E-state index contributed by atoms with van der Waals surface area (Å²) in [4.78, 5) is 27.9. The smallest absolute Gasteiger partial charge is 0.252 e. The lowest BCUT2D eigenvalue weighted by Gasteiger charge is -2.10. The maximum Gasteiger partial charge on any atom is 0.252 e. The van der Waals surface area contributed by atoms with E-state index < -0.39 is 11.1 Å². The highest BCUT2D eigenvalue weighted by Gasteiger charge is 2.15. The third-order valence-corrected chi connectivity index (χ3v) is 3.53. The molecule has 0 N–H and O–H groups in total. The highest BCUT2D eigenvalue weighted by Crippen LogP contribution is 2.31. The maximum absolute atomic E-state index is 14.0. The third-order valence-electron chi connectivity index (χ3n) is 3.31. The van der Waals surface area contributed by atoms with Gasteiger partial charge < -0.3 is 4.74 Å². The molecule has 0 saturated heterocycles. The minimum Gasteiger partial charge on any atom is -0.435 e. The first-order chi connectivity index (χ1) is 12.1. The number of ether oxygens (including phenoxy) is 1. The number of rotatable bonds is 5. The Morgan fingerprint density at radius 3 is 2.84 bits per heavy atom. The molecular formula is C17H12ClFN4O2. The highest BCUT2D eigenvalue weighted by atomic mass is 35.5. The first-order valence-electron chi connectivity index (χ1n) is 7.39. The number of hydrogen-bond donors (Lipinski definition) is 0. The zero-order chi connectivity index (χ0) is 17.8. The second-order valence-electron chi connectivity index (χ2n) is 4.96. The van der Waals surface area contributed by atoms with Crippen LogP contribution in [-0.2, 0) is 6.42 Å². The lowest BCUT2D eigenvalue weighted by atomic mass is 10.2.